The van der Waals surface area contributed by atoms with Crippen molar-refractivity contribution in [2.24, 2.45) is 0 Å². The van der Waals surface area contributed by atoms with E-state index in [0.29, 0.717) is 25.8 Å². The average Bonchev–Trinajstić information content (AvgIpc) is 3.10. The molecule has 22 heavy (non-hydrogen) atoms. The Morgan fingerprint density at radius 1 is 1.18 bits per heavy atom. The van der Waals surface area contributed by atoms with Gasteiger partial charge in [-0.15, -0.1) is 11.3 Å². The lowest BCUT2D eigenvalue weighted by Crippen LogP contribution is -2.09. The fourth-order valence-electron chi connectivity index (χ4n) is 1.90. The highest BCUT2D eigenvalue weighted by Crippen LogP contribution is 2.36. The molecule has 0 bridgehead atoms. The van der Waals surface area contributed by atoms with Gasteiger partial charge in [0, 0.05) is 12.1 Å². The SMILES string of the molecule is COc1cc2nc(NC(=O)c3ccc(Cl)s3)sc2cc1OC. The molecule has 0 unspecified atom stereocenters. The Bertz CT molecular complexity index is 803. The number of halogens is 1. The molecule has 0 fully saturated rings. The van der Waals surface area contributed by atoms with Crippen LogP contribution >= 0.6 is 34.3 Å². The number of benzene rings is 1. The van der Waals surface area contributed by atoms with E-state index in [1.54, 1.807) is 32.4 Å². The first-order valence-electron chi connectivity index (χ1n) is 6.20. The van der Waals surface area contributed by atoms with Crippen LogP contribution in [-0.2, 0) is 0 Å². The smallest absolute Gasteiger partial charge is 0.267 e. The molecule has 3 rings (SSSR count). The summed E-state index contributed by atoms with van der Waals surface area (Å²) in [4.78, 5) is 17.0. The van der Waals surface area contributed by atoms with Crippen LogP contribution in [0.25, 0.3) is 10.2 Å². The molecule has 0 aliphatic rings. The highest BCUT2D eigenvalue weighted by atomic mass is 35.5. The predicted octanol–water partition coefficient (Wildman–Crippen LogP) is 4.28. The number of anilines is 1. The third kappa shape index (κ3) is 2.87. The van der Waals surface area contributed by atoms with Crippen LogP contribution in [-0.4, -0.2) is 25.1 Å². The van der Waals surface area contributed by atoms with Crippen LogP contribution in [0.4, 0.5) is 5.13 Å². The number of hydrogen-bond acceptors (Lipinski definition) is 6. The minimum Gasteiger partial charge on any atom is -0.493 e. The van der Waals surface area contributed by atoms with E-state index in [0.717, 1.165) is 10.2 Å². The molecule has 0 saturated carbocycles. The Kier molecular flexibility index (Phi) is 4.19. The van der Waals surface area contributed by atoms with E-state index in [2.05, 4.69) is 10.3 Å². The van der Waals surface area contributed by atoms with E-state index in [4.69, 9.17) is 21.1 Å². The van der Waals surface area contributed by atoms with Crippen molar-refractivity contribution < 1.29 is 14.3 Å². The fourth-order valence-corrected chi connectivity index (χ4v) is 3.71. The lowest BCUT2D eigenvalue weighted by molar-refractivity contribution is 0.103. The van der Waals surface area contributed by atoms with Gasteiger partial charge in [0.2, 0.25) is 0 Å². The van der Waals surface area contributed by atoms with Gasteiger partial charge < -0.3 is 9.47 Å². The molecule has 0 saturated heterocycles. The summed E-state index contributed by atoms with van der Waals surface area (Å²) in [6.45, 7) is 0. The minimum atomic E-state index is -0.227. The molecule has 0 spiro atoms. The number of thiophene rings is 1. The number of methoxy groups -OCH3 is 2. The Hall–Kier alpha value is -1.83. The van der Waals surface area contributed by atoms with Crippen LogP contribution < -0.4 is 14.8 Å². The molecule has 0 aliphatic carbocycles. The normalized spacial score (nSPS) is 10.7. The summed E-state index contributed by atoms with van der Waals surface area (Å²) in [6.07, 6.45) is 0. The van der Waals surface area contributed by atoms with Gasteiger partial charge in [-0.25, -0.2) is 4.98 Å². The second kappa shape index (κ2) is 6.12. The maximum atomic E-state index is 12.1. The first kappa shape index (κ1) is 15.1. The van der Waals surface area contributed by atoms with Crippen molar-refractivity contribution in [3.05, 3.63) is 33.5 Å². The summed E-state index contributed by atoms with van der Waals surface area (Å²) < 4.78 is 12.0. The van der Waals surface area contributed by atoms with Gasteiger partial charge in [0.15, 0.2) is 16.6 Å². The van der Waals surface area contributed by atoms with Gasteiger partial charge in [-0.2, -0.15) is 0 Å². The lowest BCUT2D eigenvalue weighted by atomic mass is 10.3. The van der Waals surface area contributed by atoms with E-state index in [1.807, 2.05) is 6.07 Å². The van der Waals surface area contributed by atoms with Crippen molar-refractivity contribution in [2.75, 3.05) is 19.5 Å². The minimum absolute atomic E-state index is 0.227. The third-order valence-electron chi connectivity index (χ3n) is 2.91. The molecule has 1 N–H and O–H groups in total. The molecule has 0 radical (unpaired) electrons. The quantitative estimate of drug-likeness (QED) is 0.759. The summed E-state index contributed by atoms with van der Waals surface area (Å²) in [5.41, 5.74) is 0.738. The average molecular weight is 355 g/mol. The molecule has 5 nitrogen and oxygen atoms in total. The van der Waals surface area contributed by atoms with E-state index < -0.39 is 0 Å². The Labute approximate surface area is 139 Å². The van der Waals surface area contributed by atoms with Crippen molar-refractivity contribution in [3.63, 3.8) is 0 Å². The molecule has 2 heterocycles. The van der Waals surface area contributed by atoms with Crippen molar-refractivity contribution in [1.29, 1.82) is 0 Å². The van der Waals surface area contributed by atoms with Crippen molar-refractivity contribution in [3.8, 4) is 11.5 Å². The van der Waals surface area contributed by atoms with Crippen LogP contribution in [0.15, 0.2) is 24.3 Å². The van der Waals surface area contributed by atoms with Gasteiger partial charge in [0.05, 0.1) is 33.6 Å². The van der Waals surface area contributed by atoms with E-state index in [-0.39, 0.29) is 5.91 Å². The van der Waals surface area contributed by atoms with Crippen molar-refractivity contribution in [1.82, 2.24) is 4.98 Å². The molecular formula is C14H11ClN2O3S2. The molecule has 1 amide bonds. The summed E-state index contributed by atoms with van der Waals surface area (Å²) in [5, 5.41) is 3.29. The van der Waals surface area contributed by atoms with Crippen molar-refractivity contribution >= 4 is 55.5 Å². The number of aromatic nitrogens is 1. The Morgan fingerprint density at radius 2 is 1.91 bits per heavy atom. The fraction of sp³-hybridized carbons (Fsp3) is 0.143. The highest BCUT2D eigenvalue weighted by molar-refractivity contribution is 7.22. The monoisotopic (exact) mass is 354 g/mol. The van der Waals surface area contributed by atoms with E-state index in [9.17, 15) is 4.79 Å². The zero-order chi connectivity index (χ0) is 15.7. The van der Waals surface area contributed by atoms with Gasteiger partial charge in [-0.05, 0) is 12.1 Å². The summed E-state index contributed by atoms with van der Waals surface area (Å²) in [5.74, 6) is 1.000. The molecule has 114 valence electrons. The van der Waals surface area contributed by atoms with Crippen LogP contribution in [0.1, 0.15) is 9.67 Å². The Balaban J connectivity index is 1.90. The number of fused-ring (bicyclic) bond motifs is 1. The summed E-state index contributed by atoms with van der Waals surface area (Å²) >= 11 is 8.43. The molecule has 2 aromatic heterocycles. The second-order valence-corrected chi connectivity index (χ2v) is 7.00. The number of carbonyl (C=O) groups is 1. The molecule has 1 aromatic carbocycles. The number of nitrogens with one attached hydrogen (secondary N) is 1. The van der Waals surface area contributed by atoms with Crippen LogP contribution in [0, 0.1) is 0 Å². The maximum Gasteiger partial charge on any atom is 0.267 e. The van der Waals surface area contributed by atoms with Gasteiger partial charge in [0.1, 0.15) is 0 Å². The van der Waals surface area contributed by atoms with Crippen LogP contribution in [0.5, 0.6) is 11.5 Å². The highest BCUT2D eigenvalue weighted by Gasteiger charge is 2.14. The number of rotatable bonds is 4. The first-order valence-corrected chi connectivity index (χ1v) is 8.21. The van der Waals surface area contributed by atoms with Gasteiger partial charge in [-0.3, -0.25) is 10.1 Å². The number of hydrogen-bond donors (Lipinski definition) is 1. The third-order valence-corrected chi connectivity index (χ3v) is 5.07. The number of nitrogens with zero attached hydrogens (tertiary/aromatic N) is 1. The van der Waals surface area contributed by atoms with Gasteiger partial charge in [0.25, 0.3) is 5.91 Å². The molecule has 0 aliphatic heterocycles. The Morgan fingerprint density at radius 3 is 2.55 bits per heavy atom. The van der Waals surface area contributed by atoms with E-state index >= 15 is 0 Å². The largest absolute Gasteiger partial charge is 0.493 e. The van der Waals surface area contributed by atoms with Gasteiger partial charge >= 0.3 is 0 Å². The zero-order valence-electron chi connectivity index (χ0n) is 11.7. The lowest BCUT2D eigenvalue weighted by Gasteiger charge is -2.05. The zero-order valence-corrected chi connectivity index (χ0v) is 14.1. The molecule has 3 aromatic rings. The number of thiazole rings is 1. The second-order valence-electron chi connectivity index (χ2n) is 4.25. The molecule has 8 heteroatoms. The van der Waals surface area contributed by atoms with Crippen LogP contribution in [0.2, 0.25) is 4.34 Å². The molecular weight excluding hydrogens is 344 g/mol. The summed E-state index contributed by atoms with van der Waals surface area (Å²) in [6, 6.07) is 6.99. The van der Waals surface area contributed by atoms with Gasteiger partial charge in [-0.1, -0.05) is 22.9 Å². The molecule has 0 atom stereocenters. The summed E-state index contributed by atoms with van der Waals surface area (Å²) in [7, 11) is 3.15. The standard InChI is InChI=1S/C14H11ClN2O3S2/c1-19-8-5-7-11(6-9(8)20-2)22-14(16-7)17-13(18)10-3-4-12(15)21-10/h3-6H,1-2H3,(H,16,17,18). The van der Waals surface area contributed by atoms with E-state index in [1.165, 1.54) is 22.7 Å². The topological polar surface area (TPSA) is 60.5 Å². The predicted molar refractivity (Wildman–Crippen MR) is 90.0 cm³/mol. The number of carbonyl (C=O) groups excluding carboxylic acids is 1. The first-order chi connectivity index (χ1) is 10.6. The van der Waals surface area contributed by atoms with Crippen molar-refractivity contribution in [2.45, 2.75) is 0 Å². The number of ether oxygens (including phenoxy) is 2. The number of amides is 1. The van der Waals surface area contributed by atoms with Crippen LogP contribution in [0.3, 0.4) is 0 Å². The maximum absolute atomic E-state index is 12.1.